The first kappa shape index (κ1) is 12.6. The SMILES string of the molecule is CCc1ccsc1C(Cl)Cc1ccccc1F. The summed E-state index contributed by atoms with van der Waals surface area (Å²) in [5.74, 6) is -0.173. The Kier molecular flexibility index (Phi) is 4.19. The fraction of sp³-hybridized carbons (Fsp3) is 0.286. The standard InChI is InChI=1S/C14H14ClFS/c1-2-10-7-8-17-14(10)12(15)9-11-5-3-4-6-13(11)16/h3-8,12H,2,9H2,1H3. The molecule has 0 radical (unpaired) electrons. The van der Waals surface area contributed by atoms with Crippen LogP contribution in [0.3, 0.4) is 0 Å². The van der Waals surface area contributed by atoms with E-state index in [2.05, 4.69) is 13.0 Å². The van der Waals surface area contributed by atoms with E-state index in [0.29, 0.717) is 12.0 Å². The number of hydrogen-bond acceptors (Lipinski definition) is 1. The summed E-state index contributed by atoms with van der Waals surface area (Å²) < 4.78 is 13.5. The highest BCUT2D eigenvalue weighted by atomic mass is 35.5. The van der Waals surface area contributed by atoms with Crippen LogP contribution in [0, 0.1) is 5.82 Å². The van der Waals surface area contributed by atoms with Crippen LogP contribution in [0.1, 0.15) is 28.3 Å². The molecule has 2 aromatic rings. The molecule has 1 unspecified atom stereocenters. The molecule has 0 saturated heterocycles. The molecule has 0 aliphatic heterocycles. The zero-order chi connectivity index (χ0) is 12.3. The number of alkyl halides is 1. The minimum Gasteiger partial charge on any atom is -0.207 e. The van der Waals surface area contributed by atoms with E-state index in [0.717, 1.165) is 11.3 Å². The maximum atomic E-state index is 13.5. The summed E-state index contributed by atoms with van der Waals surface area (Å²) in [4.78, 5) is 1.16. The van der Waals surface area contributed by atoms with Crippen LogP contribution in [-0.2, 0) is 12.8 Å². The Morgan fingerprint density at radius 2 is 2.00 bits per heavy atom. The number of hydrogen-bond donors (Lipinski definition) is 0. The van der Waals surface area contributed by atoms with Crippen molar-refractivity contribution in [3.63, 3.8) is 0 Å². The average Bonchev–Trinajstić information content (AvgIpc) is 2.80. The molecule has 1 aromatic heterocycles. The van der Waals surface area contributed by atoms with Crippen molar-refractivity contribution in [2.24, 2.45) is 0 Å². The third-order valence-corrected chi connectivity index (χ3v) is 4.38. The molecule has 1 heterocycles. The molecular formula is C14H14ClFS. The highest BCUT2D eigenvalue weighted by Crippen LogP contribution is 2.32. The van der Waals surface area contributed by atoms with E-state index in [-0.39, 0.29) is 11.2 Å². The highest BCUT2D eigenvalue weighted by Gasteiger charge is 2.15. The summed E-state index contributed by atoms with van der Waals surface area (Å²) in [6.45, 7) is 2.11. The minimum absolute atomic E-state index is 0.137. The average molecular weight is 269 g/mol. The van der Waals surface area contributed by atoms with Crippen LogP contribution >= 0.6 is 22.9 Å². The molecule has 0 saturated carbocycles. The van der Waals surface area contributed by atoms with E-state index >= 15 is 0 Å². The Morgan fingerprint density at radius 3 is 2.71 bits per heavy atom. The van der Waals surface area contributed by atoms with Crippen molar-refractivity contribution in [2.75, 3.05) is 0 Å². The normalized spacial score (nSPS) is 12.6. The van der Waals surface area contributed by atoms with E-state index in [1.165, 1.54) is 11.6 Å². The summed E-state index contributed by atoms with van der Waals surface area (Å²) >= 11 is 8.03. The van der Waals surface area contributed by atoms with Crippen LogP contribution in [0.15, 0.2) is 35.7 Å². The Balaban J connectivity index is 2.17. The van der Waals surface area contributed by atoms with Gasteiger partial charge in [-0.3, -0.25) is 0 Å². The maximum Gasteiger partial charge on any atom is 0.126 e. The monoisotopic (exact) mass is 268 g/mol. The summed E-state index contributed by atoms with van der Waals surface area (Å²) in [6.07, 6.45) is 1.51. The second-order valence-electron chi connectivity index (χ2n) is 3.93. The molecule has 0 spiro atoms. The molecule has 0 N–H and O–H groups in total. The van der Waals surface area contributed by atoms with Crippen molar-refractivity contribution in [1.29, 1.82) is 0 Å². The molecule has 3 heteroatoms. The van der Waals surface area contributed by atoms with Gasteiger partial charge in [0.1, 0.15) is 5.82 Å². The van der Waals surface area contributed by atoms with Crippen molar-refractivity contribution in [2.45, 2.75) is 25.1 Å². The fourth-order valence-electron chi connectivity index (χ4n) is 1.86. The van der Waals surface area contributed by atoms with Gasteiger partial charge in [0.15, 0.2) is 0 Å². The quantitative estimate of drug-likeness (QED) is 0.687. The Labute approximate surface area is 110 Å². The lowest BCUT2D eigenvalue weighted by atomic mass is 10.1. The molecule has 0 aliphatic carbocycles. The zero-order valence-electron chi connectivity index (χ0n) is 9.62. The van der Waals surface area contributed by atoms with E-state index in [1.807, 2.05) is 11.4 Å². The van der Waals surface area contributed by atoms with Gasteiger partial charge >= 0.3 is 0 Å². The van der Waals surface area contributed by atoms with Gasteiger partial charge < -0.3 is 0 Å². The first-order chi connectivity index (χ1) is 8.22. The third-order valence-electron chi connectivity index (χ3n) is 2.80. The zero-order valence-corrected chi connectivity index (χ0v) is 11.2. The van der Waals surface area contributed by atoms with Crippen LogP contribution in [0.25, 0.3) is 0 Å². The molecule has 1 atom stereocenters. The van der Waals surface area contributed by atoms with Crippen molar-refractivity contribution in [3.8, 4) is 0 Å². The summed E-state index contributed by atoms with van der Waals surface area (Å²) in [5, 5.41) is 1.91. The molecule has 0 nitrogen and oxygen atoms in total. The van der Waals surface area contributed by atoms with E-state index in [4.69, 9.17) is 11.6 Å². The topological polar surface area (TPSA) is 0 Å². The molecule has 0 aliphatic rings. The lowest BCUT2D eigenvalue weighted by Gasteiger charge is -2.10. The van der Waals surface area contributed by atoms with Gasteiger partial charge in [-0.05, 0) is 41.5 Å². The van der Waals surface area contributed by atoms with Gasteiger partial charge in [0.25, 0.3) is 0 Å². The number of halogens is 2. The molecule has 0 bridgehead atoms. The smallest absolute Gasteiger partial charge is 0.126 e. The first-order valence-corrected chi connectivity index (χ1v) is 6.97. The van der Waals surface area contributed by atoms with Gasteiger partial charge in [-0.15, -0.1) is 22.9 Å². The molecule has 0 amide bonds. The van der Waals surface area contributed by atoms with Crippen LogP contribution in [-0.4, -0.2) is 0 Å². The van der Waals surface area contributed by atoms with E-state index in [1.54, 1.807) is 23.5 Å². The number of rotatable bonds is 4. The van der Waals surface area contributed by atoms with Gasteiger partial charge in [-0.1, -0.05) is 25.1 Å². The second-order valence-corrected chi connectivity index (χ2v) is 5.40. The van der Waals surface area contributed by atoms with Gasteiger partial charge in [0.2, 0.25) is 0 Å². The summed E-state index contributed by atoms with van der Waals surface area (Å²) in [7, 11) is 0. The van der Waals surface area contributed by atoms with E-state index < -0.39 is 0 Å². The van der Waals surface area contributed by atoms with Crippen molar-refractivity contribution >= 4 is 22.9 Å². The van der Waals surface area contributed by atoms with E-state index in [9.17, 15) is 4.39 Å². The first-order valence-electron chi connectivity index (χ1n) is 5.66. The van der Waals surface area contributed by atoms with Crippen LogP contribution in [0.2, 0.25) is 0 Å². The van der Waals surface area contributed by atoms with Gasteiger partial charge in [-0.25, -0.2) is 4.39 Å². The summed E-state index contributed by atoms with van der Waals surface area (Å²) in [5.41, 5.74) is 1.95. The molecule has 0 fully saturated rings. The van der Waals surface area contributed by atoms with Crippen molar-refractivity contribution in [3.05, 3.63) is 57.5 Å². The maximum absolute atomic E-state index is 13.5. The molecule has 2 rings (SSSR count). The number of benzene rings is 1. The minimum atomic E-state index is -0.173. The molecular weight excluding hydrogens is 255 g/mol. The lowest BCUT2D eigenvalue weighted by molar-refractivity contribution is 0.607. The Bertz CT molecular complexity index is 492. The van der Waals surface area contributed by atoms with Gasteiger partial charge in [0.05, 0.1) is 5.38 Å². The van der Waals surface area contributed by atoms with Crippen molar-refractivity contribution < 1.29 is 4.39 Å². The highest BCUT2D eigenvalue weighted by molar-refractivity contribution is 7.10. The third kappa shape index (κ3) is 2.88. The number of thiophene rings is 1. The van der Waals surface area contributed by atoms with Crippen LogP contribution in [0.5, 0.6) is 0 Å². The molecule has 17 heavy (non-hydrogen) atoms. The molecule has 1 aromatic carbocycles. The largest absolute Gasteiger partial charge is 0.207 e. The Morgan fingerprint density at radius 1 is 1.24 bits per heavy atom. The molecule has 90 valence electrons. The predicted molar refractivity (Wildman–Crippen MR) is 72.4 cm³/mol. The van der Waals surface area contributed by atoms with Gasteiger partial charge in [0, 0.05) is 4.88 Å². The Hall–Kier alpha value is -0.860. The van der Waals surface area contributed by atoms with Crippen LogP contribution < -0.4 is 0 Å². The summed E-state index contributed by atoms with van der Waals surface area (Å²) in [6, 6.07) is 8.91. The van der Waals surface area contributed by atoms with Crippen LogP contribution in [0.4, 0.5) is 4.39 Å². The number of aryl methyl sites for hydroxylation is 1. The fourth-order valence-corrected chi connectivity index (χ4v) is 3.30. The predicted octanol–water partition coefficient (Wildman–Crippen LogP) is 4.97. The van der Waals surface area contributed by atoms with Gasteiger partial charge in [-0.2, -0.15) is 0 Å². The lowest BCUT2D eigenvalue weighted by Crippen LogP contribution is -1.98. The second kappa shape index (κ2) is 5.65. The van der Waals surface area contributed by atoms with Crippen molar-refractivity contribution in [1.82, 2.24) is 0 Å².